The number of nitrogen functional groups attached to an aromatic ring is 1. The van der Waals surface area contributed by atoms with Crippen molar-refractivity contribution in [3.63, 3.8) is 0 Å². The maximum atomic E-state index is 10.9. The lowest BCUT2D eigenvalue weighted by Gasteiger charge is -2.02. The van der Waals surface area contributed by atoms with Crippen LogP contribution in [0.25, 0.3) is 10.4 Å². The molecule has 0 aliphatic carbocycles. The first-order valence-corrected chi connectivity index (χ1v) is 6.79. The molecular formula is C12H8BrN3O2S. The van der Waals surface area contributed by atoms with Crippen LogP contribution in [0.5, 0.6) is 0 Å². The number of nitrogens with zero attached hydrogens (tertiary/aromatic N) is 2. The minimum absolute atomic E-state index is 0.00532. The Morgan fingerprint density at radius 2 is 2.16 bits per heavy atom. The molecule has 19 heavy (non-hydrogen) atoms. The molecule has 0 unspecified atom stereocenters. The lowest BCUT2D eigenvalue weighted by Crippen LogP contribution is -1.90. The highest BCUT2D eigenvalue weighted by atomic mass is 79.9. The number of hydrogen-bond acceptors (Lipinski definition) is 5. The molecule has 0 bridgehead atoms. The number of anilines is 1. The molecule has 0 spiro atoms. The van der Waals surface area contributed by atoms with Crippen molar-refractivity contribution >= 4 is 38.6 Å². The fourth-order valence-corrected chi connectivity index (χ4v) is 3.19. The molecular weight excluding hydrogens is 330 g/mol. The summed E-state index contributed by atoms with van der Waals surface area (Å²) < 4.78 is 0.613. The van der Waals surface area contributed by atoms with Gasteiger partial charge in [0, 0.05) is 21.5 Å². The molecule has 0 amide bonds. The van der Waals surface area contributed by atoms with Crippen LogP contribution >= 0.6 is 27.3 Å². The lowest BCUT2D eigenvalue weighted by molar-refractivity contribution is -0.384. The maximum absolute atomic E-state index is 10.9. The number of nitro benzene ring substituents is 1. The lowest BCUT2D eigenvalue weighted by atomic mass is 10.1. The molecule has 96 valence electrons. The van der Waals surface area contributed by atoms with Gasteiger partial charge in [-0.1, -0.05) is 15.9 Å². The van der Waals surface area contributed by atoms with E-state index in [1.165, 1.54) is 23.5 Å². The number of benzene rings is 1. The van der Waals surface area contributed by atoms with Gasteiger partial charge in [0.15, 0.2) is 0 Å². The zero-order valence-electron chi connectivity index (χ0n) is 9.81. The van der Waals surface area contributed by atoms with Crippen LogP contribution in [0.1, 0.15) is 10.4 Å². The molecule has 1 heterocycles. The largest absolute Gasteiger partial charge is 0.397 e. The Kier molecular flexibility index (Phi) is 3.55. The molecule has 5 nitrogen and oxygen atoms in total. The first-order chi connectivity index (χ1) is 8.93. The van der Waals surface area contributed by atoms with Crippen molar-refractivity contribution in [2.75, 3.05) is 5.73 Å². The zero-order valence-corrected chi connectivity index (χ0v) is 12.2. The number of non-ortho nitro benzene ring substituents is 1. The fraction of sp³-hybridized carbons (Fsp3) is 0.0833. The van der Waals surface area contributed by atoms with Crippen molar-refractivity contribution in [3.8, 4) is 16.5 Å². The molecule has 0 radical (unpaired) electrons. The molecule has 0 aliphatic rings. The van der Waals surface area contributed by atoms with Crippen molar-refractivity contribution < 1.29 is 4.92 Å². The first kappa shape index (κ1) is 13.5. The molecule has 0 atom stereocenters. The van der Waals surface area contributed by atoms with Gasteiger partial charge in [0.25, 0.3) is 5.69 Å². The van der Waals surface area contributed by atoms with Gasteiger partial charge in [-0.3, -0.25) is 10.1 Å². The molecule has 0 aliphatic heterocycles. The number of halogens is 1. The molecule has 7 heteroatoms. The van der Waals surface area contributed by atoms with E-state index >= 15 is 0 Å². The summed E-state index contributed by atoms with van der Waals surface area (Å²) in [6.45, 7) is 1.80. The molecule has 0 saturated carbocycles. The fourth-order valence-electron chi connectivity index (χ4n) is 1.70. The normalized spacial score (nSPS) is 10.2. The SMILES string of the molecule is Cc1c(-c2cc(Br)cc([N+](=O)[O-])c2)sc(C#N)c1N. The minimum Gasteiger partial charge on any atom is -0.397 e. The van der Waals surface area contributed by atoms with Crippen LogP contribution in [0.4, 0.5) is 11.4 Å². The van der Waals surface area contributed by atoms with Gasteiger partial charge in [-0.15, -0.1) is 11.3 Å². The quantitative estimate of drug-likeness (QED) is 0.665. The van der Waals surface area contributed by atoms with E-state index < -0.39 is 4.92 Å². The van der Waals surface area contributed by atoms with Crippen molar-refractivity contribution in [1.29, 1.82) is 5.26 Å². The smallest absolute Gasteiger partial charge is 0.271 e. The maximum Gasteiger partial charge on any atom is 0.271 e. The monoisotopic (exact) mass is 337 g/mol. The summed E-state index contributed by atoms with van der Waals surface area (Å²) in [4.78, 5) is 11.6. The first-order valence-electron chi connectivity index (χ1n) is 5.18. The van der Waals surface area contributed by atoms with Crippen molar-refractivity contribution in [2.45, 2.75) is 6.92 Å². The molecule has 0 saturated heterocycles. The van der Waals surface area contributed by atoms with Gasteiger partial charge in [0.2, 0.25) is 0 Å². The van der Waals surface area contributed by atoms with Crippen LogP contribution in [0.2, 0.25) is 0 Å². The predicted octanol–water partition coefficient (Wildman–Crippen LogP) is 3.85. The van der Waals surface area contributed by atoms with Crippen LogP contribution in [-0.2, 0) is 0 Å². The van der Waals surface area contributed by atoms with Gasteiger partial charge < -0.3 is 5.73 Å². The van der Waals surface area contributed by atoms with Gasteiger partial charge in [0.1, 0.15) is 10.9 Å². The Bertz CT molecular complexity index is 718. The number of nitro groups is 1. The third-order valence-corrected chi connectivity index (χ3v) is 4.37. The molecule has 2 N–H and O–H groups in total. The third kappa shape index (κ3) is 2.45. The highest BCUT2D eigenvalue weighted by Crippen LogP contribution is 2.39. The van der Waals surface area contributed by atoms with Crippen LogP contribution in [0.15, 0.2) is 22.7 Å². The highest BCUT2D eigenvalue weighted by molar-refractivity contribution is 9.10. The van der Waals surface area contributed by atoms with E-state index in [2.05, 4.69) is 15.9 Å². The van der Waals surface area contributed by atoms with Gasteiger partial charge in [-0.2, -0.15) is 5.26 Å². The third-order valence-electron chi connectivity index (χ3n) is 2.65. The second-order valence-corrected chi connectivity index (χ2v) is 5.80. The average Bonchev–Trinajstić information content (AvgIpc) is 2.65. The van der Waals surface area contributed by atoms with E-state index in [1.54, 1.807) is 13.0 Å². The Labute approximate surface area is 121 Å². The summed E-state index contributed by atoms with van der Waals surface area (Å²) >= 11 is 4.49. The molecule has 1 aromatic heterocycles. The van der Waals surface area contributed by atoms with E-state index in [1.807, 2.05) is 6.07 Å². The Morgan fingerprint density at radius 1 is 1.47 bits per heavy atom. The van der Waals surface area contributed by atoms with Gasteiger partial charge in [-0.25, -0.2) is 0 Å². The average molecular weight is 338 g/mol. The van der Waals surface area contributed by atoms with Crippen molar-refractivity contribution in [2.24, 2.45) is 0 Å². The van der Waals surface area contributed by atoms with Crippen molar-refractivity contribution in [3.05, 3.63) is 43.2 Å². The number of nitrogens with two attached hydrogens (primary N) is 1. The summed E-state index contributed by atoms with van der Waals surface area (Å²) in [7, 11) is 0. The van der Waals surface area contributed by atoms with E-state index in [-0.39, 0.29) is 5.69 Å². The second kappa shape index (κ2) is 4.99. The van der Waals surface area contributed by atoms with E-state index in [4.69, 9.17) is 11.0 Å². The Balaban J connectivity index is 2.66. The molecule has 2 aromatic rings. The summed E-state index contributed by atoms with van der Waals surface area (Å²) in [5.41, 5.74) is 7.71. The van der Waals surface area contributed by atoms with Crippen LogP contribution in [0.3, 0.4) is 0 Å². The number of rotatable bonds is 2. The van der Waals surface area contributed by atoms with Crippen LogP contribution < -0.4 is 5.73 Å². The minimum atomic E-state index is -0.453. The standard InChI is InChI=1S/C12H8BrN3O2S/c1-6-11(15)10(5-14)19-12(6)7-2-8(13)4-9(3-7)16(17)18/h2-4H,15H2,1H3. The molecule has 2 rings (SSSR count). The van der Waals surface area contributed by atoms with Gasteiger partial charge >= 0.3 is 0 Å². The summed E-state index contributed by atoms with van der Waals surface area (Å²) in [6.07, 6.45) is 0. The Morgan fingerprint density at radius 3 is 2.68 bits per heavy atom. The predicted molar refractivity (Wildman–Crippen MR) is 78.0 cm³/mol. The number of nitriles is 1. The second-order valence-electron chi connectivity index (χ2n) is 3.87. The van der Waals surface area contributed by atoms with Crippen molar-refractivity contribution in [1.82, 2.24) is 0 Å². The summed E-state index contributed by atoms with van der Waals surface area (Å²) in [5, 5.41) is 19.8. The summed E-state index contributed by atoms with van der Waals surface area (Å²) in [5.74, 6) is 0. The van der Waals surface area contributed by atoms with E-state index in [0.717, 1.165) is 10.4 Å². The number of hydrogen-bond donors (Lipinski definition) is 1. The van der Waals surface area contributed by atoms with Gasteiger partial charge in [0.05, 0.1) is 10.6 Å². The van der Waals surface area contributed by atoms with Crippen LogP contribution in [0, 0.1) is 28.4 Å². The van der Waals surface area contributed by atoms with Crippen LogP contribution in [-0.4, -0.2) is 4.92 Å². The molecule has 0 fully saturated rings. The highest BCUT2D eigenvalue weighted by Gasteiger charge is 2.17. The zero-order chi connectivity index (χ0) is 14.2. The molecule has 1 aromatic carbocycles. The van der Waals surface area contributed by atoms with E-state index in [9.17, 15) is 10.1 Å². The summed E-state index contributed by atoms with van der Waals surface area (Å²) in [6, 6.07) is 6.70. The van der Waals surface area contributed by atoms with Gasteiger partial charge in [-0.05, 0) is 24.1 Å². The Hall–Kier alpha value is -1.91. The topological polar surface area (TPSA) is 93.0 Å². The number of thiophene rings is 1. The van der Waals surface area contributed by atoms with E-state index in [0.29, 0.717) is 20.6 Å².